The Labute approximate surface area is 112 Å². The number of carboxylic acids is 1. The number of carboxylic acid groups (broad SMARTS) is 1. The third-order valence-electron chi connectivity index (χ3n) is 5.06. The summed E-state index contributed by atoms with van der Waals surface area (Å²) in [6.07, 6.45) is 1.28. The van der Waals surface area contributed by atoms with E-state index in [1.54, 1.807) is 18.7 Å². The van der Waals surface area contributed by atoms with Gasteiger partial charge in [0, 0.05) is 18.2 Å². The Bertz CT molecular complexity index is 376. The van der Waals surface area contributed by atoms with Gasteiger partial charge in [-0.2, -0.15) is 0 Å². The molecular weight excluding hydrogens is 250 g/mol. The van der Waals surface area contributed by atoms with E-state index in [1.807, 2.05) is 18.7 Å². The molecule has 18 heavy (non-hydrogen) atoms. The first kappa shape index (κ1) is 13.7. The highest BCUT2D eigenvalue weighted by atomic mass is 32.2. The lowest BCUT2D eigenvalue weighted by Crippen LogP contribution is -2.46. The van der Waals surface area contributed by atoms with Crippen molar-refractivity contribution in [2.75, 3.05) is 18.2 Å². The minimum absolute atomic E-state index is 0.148. The average Bonchev–Trinajstić information content (AvgIpc) is 2.87. The van der Waals surface area contributed by atoms with Gasteiger partial charge in [-0.15, -0.1) is 11.8 Å². The van der Waals surface area contributed by atoms with Crippen LogP contribution in [0.25, 0.3) is 0 Å². The summed E-state index contributed by atoms with van der Waals surface area (Å²) < 4.78 is 0. The number of nitrogens with zero attached hydrogens (tertiary/aromatic N) is 1. The van der Waals surface area contributed by atoms with Crippen molar-refractivity contribution in [3.05, 3.63) is 0 Å². The summed E-state index contributed by atoms with van der Waals surface area (Å²) in [7, 11) is 0. The molecule has 1 aliphatic carbocycles. The SMILES string of the molecule is CC1(C(=O)O)CCC(C(=O)N2CCSC2)C1(C)C. The first-order valence-corrected chi connectivity index (χ1v) is 7.56. The van der Waals surface area contributed by atoms with Crippen molar-refractivity contribution in [1.82, 2.24) is 4.90 Å². The molecule has 1 saturated carbocycles. The summed E-state index contributed by atoms with van der Waals surface area (Å²) in [6, 6.07) is 0. The van der Waals surface area contributed by atoms with Gasteiger partial charge in [0.25, 0.3) is 0 Å². The van der Waals surface area contributed by atoms with Gasteiger partial charge in [0.05, 0.1) is 11.3 Å². The molecule has 1 amide bonds. The molecule has 2 atom stereocenters. The van der Waals surface area contributed by atoms with Crippen LogP contribution in [-0.4, -0.2) is 40.1 Å². The van der Waals surface area contributed by atoms with E-state index in [-0.39, 0.29) is 11.8 Å². The second kappa shape index (κ2) is 4.44. The highest BCUT2D eigenvalue weighted by molar-refractivity contribution is 7.99. The average molecular weight is 271 g/mol. The largest absolute Gasteiger partial charge is 0.481 e. The van der Waals surface area contributed by atoms with Crippen LogP contribution >= 0.6 is 11.8 Å². The molecule has 1 saturated heterocycles. The van der Waals surface area contributed by atoms with Crippen LogP contribution in [0.3, 0.4) is 0 Å². The van der Waals surface area contributed by atoms with E-state index >= 15 is 0 Å². The topological polar surface area (TPSA) is 57.6 Å². The number of hydrogen-bond donors (Lipinski definition) is 1. The third-order valence-corrected chi connectivity index (χ3v) is 6.03. The van der Waals surface area contributed by atoms with Crippen LogP contribution < -0.4 is 0 Å². The molecular formula is C13H21NO3S. The molecule has 1 N–H and O–H groups in total. The molecule has 0 aromatic rings. The third kappa shape index (κ3) is 1.83. The van der Waals surface area contributed by atoms with Crippen LogP contribution in [-0.2, 0) is 9.59 Å². The molecule has 0 aromatic heterocycles. The fraction of sp³-hybridized carbons (Fsp3) is 0.846. The van der Waals surface area contributed by atoms with Crippen molar-refractivity contribution >= 4 is 23.6 Å². The summed E-state index contributed by atoms with van der Waals surface area (Å²) in [4.78, 5) is 25.9. The van der Waals surface area contributed by atoms with E-state index in [1.165, 1.54) is 0 Å². The Balaban J connectivity index is 2.21. The fourth-order valence-electron chi connectivity index (χ4n) is 3.12. The van der Waals surface area contributed by atoms with Gasteiger partial charge in [0.15, 0.2) is 0 Å². The van der Waals surface area contributed by atoms with Gasteiger partial charge in [-0.25, -0.2) is 0 Å². The van der Waals surface area contributed by atoms with Crippen molar-refractivity contribution < 1.29 is 14.7 Å². The monoisotopic (exact) mass is 271 g/mol. The number of carbonyl (C=O) groups excluding carboxylic acids is 1. The Morgan fingerprint density at radius 1 is 1.33 bits per heavy atom. The first-order chi connectivity index (χ1) is 8.30. The second-order valence-electron chi connectivity index (χ2n) is 6.09. The lowest BCUT2D eigenvalue weighted by Gasteiger charge is -2.38. The summed E-state index contributed by atoms with van der Waals surface area (Å²) in [5.41, 5.74) is -1.27. The fourth-order valence-corrected chi connectivity index (χ4v) is 4.08. The van der Waals surface area contributed by atoms with Gasteiger partial charge in [-0.1, -0.05) is 13.8 Å². The molecule has 2 unspecified atom stereocenters. The highest BCUT2D eigenvalue weighted by Crippen LogP contribution is 2.56. The molecule has 2 aliphatic rings. The molecule has 5 heteroatoms. The van der Waals surface area contributed by atoms with Gasteiger partial charge in [-0.3, -0.25) is 9.59 Å². The summed E-state index contributed by atoms with van der Waals surface area (Å²) >= 11 is 1.76. The van der Waals surface area contributed by atoms with Crippen molar-refractivity contribution in [2.45, 2.75) is 33.6 Å². The van der Waals surface area contributed by atoms with Crippen LogP contribution in [0.2, 0.25) is 0 Å². The Kier molecular flexibility index (Phi) is 3.38. The summed E-state index contributed by atoms with van der Waals surface area (Å²) in [5.74, 6) is 0.968. The lowest BCUT2D eigenvalue weighted by molar-refractivity contribution is -0.156. The number of aliphatic carboxylic acids is 1. The molecule has 0 radical (unpaired) electrons. The smallest absolute Gasteiger partial charge is 0.309 e. The Hall–Kier alpha value is -0.710. The van der Waals surface area contributed by atoms with Crippen LogP contribution in [0.5, 0.6) is 0 Å². The van der Waals surface area contributed by atoms with Crippen molar-refractivity contribution in [2.24, 2.45) is 16.7 Å². The zero-order chi connectivity index (χ0) is 13.6. The predicted molar refractivity (Wildman–Crippen MR) is 71.3 cm³/mol. The molecule has 0 aromatic carbocycles. The van der Waals surface area contributed by atoms with E-state index in [9.17, 15) is 14.7 Å². The first-order valence-electron chi connectivity index (χ1n) is 6.40. The van der Waals surface area contributed by atoms with Crippen LogP contribution in [0.4, 0.5) is 0 Å². The Morgan fingerprint density at radius 3 is 2.44 bits per heavy atom. The maximum absolute atomic E-state index is 12.5. The van der Waals surface area contributed by atoms with Crippen LogP contribution in [0.1, 0.15) is 33.6 Å². The second-order valence-corrected chi connectivity index (χ2v) is 7.16. The van der Waals surface area contributed by atoms with Crippen LogP contribution in [0, 0.1) is 16.7 Å². The molecule has 102 valence electrons. The molecule has 0 bridgehead atoms. The quantitative estimate of drug-likeness (QED) is 0.835. The molecule has 4 nitrogen and oxygen atoms in total. The van der Waals surface area contributed by atoms with Gasteiger partial charge < -0.3 is 10.0 Å². The number of amides is 1. The zero-order valence-corrected chi connectivity index (χ0v) is 12.0. The van der Waals surface area contributed by atoms with Crippen LogP contribution in [0.15, 0.2) is 0 Å². The Morgan fingerprint density at radius 2 is 2.00 bits per heavy atom. The number of carbonyl (C=O) groups is 2. The molecule has 2 fully saturated rings. The van der Waals surface area contributed by atoms with Gasteiger partial charge in [-0.05, 0) is 25.2 Å². The summed E-state index contributed by atoms with van der Waals surface area (Å²) in [6.45, 7) is 6.45. The van der Waals surface area contributed by atoms with E-state index in [0.29, 0.717) is 12.8 Å². The molecule has 1 heterocycles. The van der Waals surface area contributed by atoms with Crippen molar-refractivity contribution in [3.63, 3.8) is 0 Å². The highest BCUT2D eigenvalue weighted by Gasteiger charge is 2.58. The number of thioether (sulfide) groups is 1. The maximum atomic E-state index is 12.5. The zero-order valence-electron chi connectivity index (χ0n) is 11.2. The normalized spacial score (nSPS) is 34.8. The van der Waals surface area contributed by atoms with E-state index in [0.717, 1.165) is 18.2 Å². The number of rotatable bonds is 2. The molecule has 2 rings (SSSR count). The van der Waals surface area contributed by atoms with E-state index in [2.05, 4.69) is 0 Å². The predicted octanol–water partition coefficient (Wildman–Crippen LogP) is 2.05. The van der Waals surface area contributed by atoms with Gasteiger partial charge in [0.2, 0.25) is 5.91 Å². The summed E-state index contributed by atoms with van der Waals surface area (Å²) in [5, 5.41) is 9.44. The minimum Gasteiger partial charge on any atom is -0.481 e. The standard InChI is InChI=1S/C13H21NO3S/c1-12(2)9(4-5-13(12,3)11(16)17)10(15)14-6-7-18-8-14/h9H,4-8H2,1-3H3,(H,16,17). The number of hydrogen-bond acceptors (Lipinski definition) is 3. The van der Waals surface area contributed by atoms with Gasteiger partial charge in [0.1, 0.15) is 0 Å². The van der Waals surface area contributed by atoms with Gasteiger partial charge >= 0.3 is 5.97 Å². The lowest BCUT2D eigenvalue weighted by atomic mass is 9.65. The van der Waals surface area contributed by atoms with Crippen molar-refractivity contribution in [1.29, 1.82) is 0 Å². The maximum Gasteiger partial charge on any atom is 0.309 e. The van der Waals surface area contributed by atoms with E-state index < -0.39 is 16.8 Å². The molecule has 0 spiro atoms. The minimum atomic E-state index is -0.791. The molecule has 1 aliphatic heterocycles. The van der Waals surface area contributed by atoms with E-state index in [4.69, 9.17) is 0 Å². The van der Waals surface area contributed by atoms with Crippen molar-refractivity contribution in [3.8, 4) is 0 Å².